The van der Waals surface area contributed by atoms with Gasteiger partial charge in [-0.25, -0.2) is 4.39 Å². The zero-order valence-corrected chi connectivity index (χ0v) is 22.5. The van der Waals surface area contributed by atoms with Crippen molar-refractivity contribution in [2.45, 2.75) is 44.6 Å². The number of hydrogen-bond acceptors (Lipinski definition) is 3. The molecular weight excluding hydrogens is 518 g/mol. The van der Waals surface area contributed by atoms with Crippen LogP contribution in [0.3, 0.4) is 0 Å². The van der Waals surface area contributed by atoms with E-state index in [4.69, 9.17) is 23.2 Å². The minimum absolute atomic E-state index is 0.0259. The molecule has 36 heavy (non-hydrogen) atoms. The summed E-state index contributed by atoms with van der Waals surface area (Å²) in [5.74, 6) is -0.465. The SMILES string of the molecule is CC(C)NC(=O)[C@@H](Cc1ccccc1)N(Cc1ccccc1F)C(=O)CSCc1c(Cl)cccc1Cl. The van der Waals surface area contributed by atoms with E-state index < -0.39 is 11.9 Å². The number of thioether (sulfide) groups is 1. The van der Waals surface area contributed by atoms with E-state index in [0.717, 1.165) is 11.1 Å². The molecule has 190 valence electrons. The molecule has 0 unspecified atom stereocenters. The maximum absolute atomic E-state index is 14.6. The summed E-state index contributed by atoms with van der Waals surface area (Å²) in [6, 6.07) is 20.1. The number of nitrogens with one attached hydrogen (secondary N) is 1. The highest BCUT2D eigenvalue weighted by Crippen LogP contribution is 2.28. The molecule has 1 atom stereocenters. The Bertz CT molecular complexity index is 1160. The second-order valence-electron chi connectivity index (χ2n) is 8.67. The molecule has 4 nitrogen and oxygen atoms in total. The number of halogens is 3. The lowest BCUT2D eigenvalue weighted by Crippen LogP contribution is -2.52. The van der Waals surface area contributed by atoms with Gasteiger partial charge in [-0.15, -0.1) is 11.8 Å². The first-order valence-electron chi connectivity index (χ1n) is 11.6. The highest BCUT2D eigenvalue weighted by molar-refractivity contribution is 7.99. The average molecular weight is 548 g/mol. The van der Waals surface area contributed by atoms with E-state index >= 15 is 0 Å². The molecule has 0 radical (unpaired) electrons. The Labute approximate surface area is 226 Å². The predicted molar refractivity (Wildman–Crippen MR) is 147 cm³/mol. The van der Waals surface area contributed by atoms with Gasteiger partial charge in [0.25, 0.3) is 0 Å². The van der Waals surface area contributed by atoms with Crippen LogP contribution in [0.5, 0.6) is 0 Å². The zero-order valence-electron chi connectivity index (χ0n) is 20.2. The molecule has 0 fully saturated rings. The predicted octanol–water partition coefficient (Wildman–Crippen LogP) is 6.53. The lowest BCUT2D eigenvalue weighted by Gasteiger charge is -2.32. The van der Waals surface area contributed by atoms with E-state index in [1.165, 1.54) is 22.7 Å². The molecule has 3 aromatic carbocycles. The summed E-state index contributed by atoms with van der Waals surface area (Å²) in [4.78, 5) is 28.4. The molecule has 0 bridgehead atoms. The Kier molecular flexibility index (Phi) is 10.7. The Balaban J connectivity index is 1.88. The van der Waals surface area contributed by atoms with Gasteiger partial charge in [-0.2, -0.15) is 0 Å². The molecule has 3 rings (SSSR count). The number of rotatable bonds is 11. The molecule has 0 aliphatic rings. The largest absolute Gasteiger partial charge is 0.352 e. The molecule has 2 amide bonds. The highest BCUT2D eigenvalue weighted by atomic mass is 35.5. The fraction of sp³-hybridized carbons (Fsp3) is 0.286. The van der Waals surface area contributed by atoms with Crippen LogP contribution < -0.4 is 5.32 Å². The molecule has 0 aliphatic carbocycles. The molecule has 0 saturated heterocycles. The molecule has 3 aromatic rings. The van der Waals surface area contributed by atoms with Gasteiger partial charge in [0.1, 0.15) is 11.9 Å². The number of carbonyl (C=O) groups is 2. The third-order valence-corrected chi connectivity index (χ3v) is 7.19. The van der Waals surface area contributed by atoms with E-state index in [1.54, 1.807) is 36.4 Å². The number of hydrogen-bond donors (Lipinski definition) is 1. The Morgan fingerprint density at radius 1 is 0.944 bits per heavy atom. The summed E-state index contributed by atoms with van der Waals surface area (Å²) >= 11 is 13.9. The van der Waals surface area contributed by atoms with E-state index in [1.807, 2.05) is 44.2 Å². The molecule has 0 saturated carbocycles. The summed E-state index contributed by atoms with van der Waals surface area (Å²) in [7, 11) is 0. The van der Waals surface area contributed by atoms with Gasteiger partial charge in [-0.3, -0.25) is 9.59 Å². The summed E-state index contributed by atoms with van der Waals surface area (Å²) in [6.45, 7) is 3.70. The van der Waals surface area contributed by atoms with Crippen molar-refractivity contribution in [2.24, 2.45) is 0 Å². The van der Waals surface area contributed by atoms with Gasteiger partial charge in [0.15, 0.2) is 0 Å². The van der Waals surface area contributed by atoms with E-state index in [2.05, 4.69) is 5.32 Å². The lowest BCUT2D eigenvalue weighted by atomic mass is 10.0. The van der Waals surface area contributed by atoms with E-state index in [9.17, 15) is 14.0 Å². The zero-order chi connectivity index (χ0) is 26.1. The van der Waals surface area contributed by atoms with Gasteiger partial charge < -0.3 is 10.2 Å². The Morgan fingerprint density at radius 2 is 1.58 bits per heavy atom. The van der Waals surface area contributed by atoms with Crippen LogP contribution >= 0.6 is 35.0 Å². The first-order valence-corrected chi connectivity index (χ1v) is 13.5. The molecule has 0 aliphatic heterocycles. The first kappa shape index (κ1) is 28.0. The normalized spacial score (nSPS) is 11.8. The number of carbonyl (C=O) groups excluding carboxylic acids is 2. The van der Waals surface area contributed by atoms with Crippen LogP contribution in [0.1, 0.15) is 30.5 Å². The number of amides is 2. The van der Waals surface area contributed by atoms with Gasteiger partial charge in [-0.1, -0.05) is 77.8 Å². The van der Waals surface area contributed by atoms with Crippen LogP contribution in [-0.4, -0.2) is 34.6 Å². The topological polar surface area (TPSA) is 49.4 Å². The Hall–Kier alpha value is -2.54. The third kappa shape index (κ3) is 7.99. The van der Waals surface area contributed by atoms with Crippen molar-refractivity contribution in [2.75, 3.05) is 5.75 Å². The first-order chi connectivity index (χ1) is 17.3. The minimum atomic E-state index is -0.814. The smallest absolute Gasteiger partial charge is 0.243 e. The maximum Gasteiger partial charge on any atom is 0.243 e. The van der Waals surface area contributed by atoms with Crippen LogP contribution in [0.25, 0.3) is 0 Å². The Morgan fingerprint density at radius 3 is 2.22 bits per heavy atom. The summed E-state index contributed by atoms with van der Waals surface area (Å²) < 4.78 is 14.6. The molecule has 8 heteroatoms. The molecular formula is C28H29Cl2FN2O2S. The van der Waals surface area contributed by atoms with Gasteiger partial charge in [0, 0.05) is 40.4 Å². The van der Waals surface area contributed by atoms with Crippen LogP contribution in [0.2, 0.25) is 10.0 Å². The lowest BCUT2D eigenvalue weighted by molar-refractivity contribution is -0.139. The third-order valence-electron chi connectivity index (χ3n) is 5.53. The highest BCUT2D eigenvalue weighted by Gasteiger charge is 2.31. The van der Waals surface area contributed by atoms with Crippen LogP contribution in [0.4, 0.5) is 4.39 Å². The number of nitrogens with zero attached hydrogens (tertiary/aromatic N) is 1. The minimum Gasteiger partial charge on any atom is -0.352 e. The molecule has 0 spiro atoms. The van der Waals surface area contributed by atoms with Crippen LogP contribution in [0, 0.1) is 5.82 Å². The second kappa shape index (κ2) is 13.7. The van der Waals surface area contributed by atoms with E-state index in [0.29, 0.717) is 27.8 Å². The quantitative estimate of drug-likeness (QED) is 0.297. The summed E-state index contributed by atoms with van der Waals surface area (Å²) in [5, 5.41) is 3.99. The van der Waals surface area contributed by atoms with E-state index in [-0.39, 0.29) is 30.2 Å². The van der Waals surface area contributed by atoms with Crippen molar-refractivity contribution in [1.29, 1.82) is 0 Å². The van der Waals surface area contributed by atoms with Crippen molar-refractivity contribution >= 4 is 46.8 Å². The fourth-order valence-corrected chi connectivity index (χ4v) is 5.39. The second-order valence-corrected chi connectivity index (χ2v) is 10.5. The summed E-state index contributed by atoms with van der Waals surface area (Å²) in [6.07, 6.45) is 0.306. The molecule has 0 aromatic heterocycles. The standard InChI is InChI=1S/C28H29Cl2FN2O2S/c1-19(2)32-28(35)26(15-20-9-4-3-5-10-20)33(16-21-11-6-7-14-25(21)31)27(34)18-36-17-22-23(29)12-8-13-24(22)30/h3-14,19,26H,15-18H2,1-2H3,(H,32,35)/t26-/m1/s1. The van der Waals surface area contributed by atoms with Gasteiger partial charge in [-0.05, 0) is 43.2 Å². The van der Waals surface area contributed by atoms with Gasteiger partial charge in [0.05, 0.1) is 5.75 Å². The average Bonchev–Trinajstić information content (AvgIpc) is 2.84. The monoisotopic (exact) mass is 546 g/mol. The van der Waals surface area contributed by atoms with Gasteiger partial charge in [0.2, 0.25) is 11.8 Å². The van der Waals surface area contributed by atoms with Crippen molar-refractivity contribution in [1.82, 2.24) is 10.2 Å². The van der Waals surface area contributed by atoms with Crippen LogP contribution in [-0.2, 0) is 28.3 Å². The van der Waals surface area contributed by atoms with Gasteiger partial charge >= 0.3 is 0 Å². The van der Waals surface area contributed by atoms with Crippen molar-refractivity contribution in [3.05, 3.63) is 105 Å². The van der Waals surface area contributed by atoms with Crippen LogP contribution in [0.15, 0.2) is 72.8 Å². The maximum atomic E-state index is 14.6. The number of benzene rings is 3. The molecule has 1 N–H and O–H groups in total. The van der Waals surface area contributed by atoms with Crippen molar-refractivity contribution in [3.63, 3.8) is 0 Å². The summed E-state index contributed by atoms with van der Waals surface area (Å²) in [5.41, 5.74) is 2.00. The van der Waals surface area contributed by atoms with Crippen molar-refractivity contribution < 1.29 is 14.0 Å². The molecule has 0 heterocycles. The fourth-order valence-electron chi connectivity index (χ4n) is 3.74. The van der Waals surface area contributed by atoms with Crippen molar-refractivity contribution in [3.8, 4) is 0 Å².